The van der Waals surface area contributed by atoms with Crippen molar-refractivity contribution in [1.82, 2.24) is 4.98 Å². The van der Waals surface area contributed by atoms with Gasteiger partial charge in [0.25, 0.3) is 0 Å². The van der Waals surface area contributed by atoms with E-state index in [1.54, 1.807) is 50.6 Å². The summed E-state index contributed by atoms with van der Waals surface area (Å²) in [7, 11) is 4.84. The monoisotopic (exact) mass is 341 g/mol. The molecule has 3 rings (SSSR count). The van der Waals surface area contributed by atoms with E-state index in [9.17, 15) is 9.30 Å². The third-order valence-electron chi connectivity index (χ3n) is 3.98. The quantitative estimate of drug-likeness (QED) is 0.637. The minimum Gasteiger partial charge on any atom is -0.493 e. The van der Waals surface area contributed by atoms with Gasteiger partial charge in [0.1, 0.15) is 11.5 Å². The number of ether oxygens (including phenoxy) is 2. The number of nitrogens with zero attached hydrogens (tertiary/aromatic N) is 3. The van der Waals surface area contributed by atoms with Crippen LogP contribution in [0, 0.1) is 10.7 Å². The number of pyridine rings is 1. The van der Waals surface area contributed by atoms with Crippen LogP contribution in [0.4, 0.5) is 21.5 Å². The Morgan fingerprint density at radius 1 is 1.04 bits per heavy atom. The number of fused-ring (bicyclic) bond motifs is 1. The van der Waals surface area contributed by atoms with E-state index in [0.717, 1.165) is 17.1 Å². The zero-order valence-electron chi connectivity index (χ0n) is 14.0. The van der Waals surface area contributed by atoms with Crippen molar-refractivity contribution in [2.24, 2.45) is 5.18 Å². The predicted molar refractivity (Wildman–Crippen MR) is 94.8 cm³/mol. The summed E-state index contributed by atoms with van der Waals surface area (Å²) in [5.41, 5.74) is 1.78. The second-order valence-corrected chi connectivity index (χ2v) is 5.34. The molecule has 7 heteroatoms. The second kappa shape index (κ2) is 6.72. The zero-order chi connectivity index (χ0) is 18.0. The van der Waals surface area contributed by atoms with Crippen molar-refractivity contribution in [2.45, 2.75) is 0 Å². The predicted octanol–water partition coefficient (Wildman–Crippen LogP) is 4.56. The number of aromatic nitrogens is 1. The van der Waals surface area contributed by atoms with Gasteiger partial charge >= 0.3 is 0 Å². The number of rotatable bonds is 5. The fourth-order valence-electron chi connectivity index (χ4n) is 2.71. The van der Waals surface area contributed by atoms with Crippen LogP contribution in [0.15, 0.2) is 47.8 Å². The highest BCUT2D eigenvalue weighted by Crippen LogP contribution is 2.38. The van der Waals surface area contributed by atoms with Crippen LogP contribution in [0.2, 0.25) is 0 Å². The van der Waals surface area contributed by atoms with Crippen molar-refractivity contribution >= 4 is 28.0 Å². The summed E-state index contributed by atoms with van der Waals surface area (Å²) in [5.74, 6) is 0.582. The maximum Gasteiger partial charge on any atom is 0.162 e. The molecule has 2 aromatic carbocycles. The Balaban J connectivity index is 2.16. The number of nitroso groups, excluding NO2 is 1. The minimum atomic E-state index is -0.537. The smallest absolute Gasteiger partial charge is 0.162 e. The molecule has 0 aliphatic carbocycles. The highest BCUT2D eigenvalue weighted by atomic mass is 19.1. The lowest BCUT2D eigenvalue weighted by molar-refractivity contribution is 0.356. The van der Waals surface area contributed by atoms with Gasteiger partial charge in [-0.2, -0.15) is 0 Å². The van der Waals surface area contributed by atoms with Gasteiger partial charge in [-0.05, 0) is 29.4 Å². The lowest BCUT2D eigenvalue weighted by Crippen LogP contribution is -2.12. The van der Waals surface area contributed by atoms with Crippen molar-refractivity contribution in [3.05, 3.63) is 53.3 Å². The van der Waals surface area contributed by atoms with Gasteiger partial charge in [-0.1, -0.05) is 0 Å². The molecule has 3 aromatic rings. The normalized spacial score (nSPS) is 10.6. The van der Waals surface area contributed by atoms with Crippen LogP contribution in [-0.4, -0.2) is 26.3 Å². The van der Waals surface area contributed by atoms with Gasteiger partial charge in [0.2, 0.25) is 0 Å². The van der Waals surface area contributed by atoms with Gasteiger partial charge in [-0.15, -0.1) is 4.91 Å². The largest absolute Gasteiger partial charge is 0.493 e. The van der Waals surface area contributed by atoms with Crippen LogP contribution in [0.25, 0.3) is 10.9 Å². The van der Waals surface area contributed by atoms with E-state index in [2.05, 4.69) is 10.2 Å². The fraction of sp³-hybridized carbons (Fsp3) is 0.167. The number of hydrogen-bond acceptors (Lipinski definition) is 6. The van der Waals surface area contributed by atoms with E-state index in [1.807, 2.05) is 0 Å². The molecule has 0 aliphatic rings. The van der Waals surface area contributed by atoms with E-state index in [1.165, 1.54) is 12.1 Å². The number of methoxy groups -OCH3 is 2. The van der Waals surface area contributed by atoms with Crippen molar-refractivity contribution < 1.29 is 13.9 Å². The Morgan fingerprint density at radius 3 is 2.40 bits per heavy atom. The summed E-state index contributed by atoms with van der Waals surface area (Å²) >= 11 is 0. The van der Waals surface area contributed by atoms with E-state index < -0.39 is 5.82 Å². The molecule has 0 N–H and O–H groups in total. The Bertz CT molecular complexity index is 946. The van der Waals surface area contributed by atoms with Crippen LogP contribution < -0.4 is 14.4 Å². The van der Waals surface area contributed by atoms with E-state index >= 15 is 0 Å². The van der Waals surface area contributed by atoms with Crippen molar-refractivity contribution in [1.29, 1.82) is 0 Å². The summed E-state index contributed by atoms with van der Waals surface area (Å²) in [4.78, 5) is 16.6. The first-order valence-electron chi connectivity index (χ1n) is 7.46. The molecule has 128 valence electrons. The molecule has 0 radical (unpaired) electrons. The molecule has 1 heterocycles. The highest BCUT2D eigenvalue weighted by molar-refractivity contribution is 5.95. The fourth-order valence-corrected chi connectivity index (χ4v) is 2.71. The third-order valence-corrected chi connectivity index (χ3v) is 3.98. The van der Waals surface area contributed by atoms with E-state index in [0.29, 0.717) is 22.7 Å². The second-order valence-electron chi connectivity index (χ2n) is 5.34. The molecule has 0 spiro atoms. The van der Waals surface area contributed by atoms with Gasteiger partial charge in [0.05, 0.1) is 31.1 Å². The summed E-state index contributed by atoms with van der Waals surface area (Å²) < 4.78 is 25.0. The highest BCUT2D eigenvalue weighted by Gasteiger charge is 2.16. The van der Waals surface area contributed by atoms with Crippen molar-refractivity contribution in [3.63, 3.8) is 0 Å². The number of benzene rings is 2. The topological polar surface area (TPSA) is 64.0 Å². The Labute approximate surface area is 143 Å². The number of hydrogen-bond donors (Lipinski definition) is 0. The molecule has 0 amide bonds. The molecule has 0 saturated carbocycles. The molecule has 25 heavy (non-hydrogen) atoms. The number of anilines is 2. The third kappa shape index (κ3) is 2.96. The van der Waals surface area contributed by atoms with Crippen molar-refractivity contribution in [2.75, 3.05) is 26.2 Å². The molecular weight excluding hydrogens is 325 g/mol. The van der Waals surface area contributed by atoms with Gasteiger partial charge in [-0.25, -0.2) is 4.39 Å². The average molecular weight is 341 g/mol. The SMILES string of the molecule is COc1cc2nccc(N(C)c3ccc(N=O)cc3F)c2cc1OC. The molecule has 0 aliphatic heterocycles. The van der Waals surface area contributed by atoms with Crippen LogP contribution in [-0.2, 0) is 0 Å². The minimum absolute atomic E-state index is 0.0423. The zero-order valence-corrected chi connectivity index (χ0v) is 14.0. The molecule has 0 bridgehead atoms. The van der Waals surface area contributed by atoms with Crippen LogP contribution in [0.5, 0.6) is 11.5 Å². The van der Waals surface area contributed by atoms with Crippen molar-refractivity contribution in [3.8, 4) is 11.5 Å². The van der Waals surface area contributed by atoms with E-state index in [-0.39, 0.29) is 5.69 Å². The summed E-state index contributed by atoms with van der Waals surface area (Å²) in [6, 6.07) is 9.42. The Morgan fingerprint density at radius 2 is 1.76 bits per heavy atom. The van der Waals surface area contributed by atoms with Gasteiger partial charge in [0.15, 0.2) is 11.5 Å². The van der Waals surface area contributed by atoms with Crippen LogP contribution >= 0.6 is 0 Å². The maximum atomic E-state index is 14.3. The first kappa shape index (κ1) is 16.6. The standard InChI is InChI=1S/C18H16FN3O3/c1-22(16-5-4-11(21-23)8-13(16)19)15-6-7-20-14-10-18(25-3)17(24-2)9-12(14)15/h4-10H,1-3H3. The first-order valence-corrected chi connectivity index (χ1v) is 7.46. The Hall–Kier alpha value is -3.22. The molecular formula is C18H16FN3O3. The summed E-state index contributed by atoms with van der Waals surface area (Å²) in [5, 5.41) is 3.52. The van der Waals surface area contributed by atoms with Crippen LogP contribution in [0.1, 0.15) is 0 Å². The van der Waals surface area contributed by atoms with Gasteiger partial charge in [0, 0.05) is 30.8 Å². The Kier molecular flexibility index (Phi) is 4.47. The summed E-state index contributed by atoms with van der Waals surface area (Å²) in [6.07, 6.45) is 1.64. The average Bonchev–Trinajstić information content (AvgIpc) is 2.65. The molecule has 0 unspecified atom stereocenters. The van der Waals surface area contributed by atoms with E-state index in [4.69, 9.17) is 9.47 Å². The lowest BCUT2D eigenvalue weighted by atomic mass is 10.1. The maximum absolute atomic E-state index is 14.3. The molecule has 0 fully saturated rings. The molecule has 1 aromatic heterocycles. The van der Waals surface area contributed by atoms with Gasteiger partial charge in [-0.3, -0.25) is 4.98 Å². The molecule has 0 atom stereocenters. The van der Waals surface area contributed by atoms with Gasteiger partial charge < -0.3 is 14.4 Å². The van der Waals surface area contributed by atoms with Crippen LogP contribution in [0.3, 0.4) is 0 Å². The number of halogens is 1. The summed E-state index contributed by atoms with van der Waals surface area (Å²) in [6.45, 7) is 0. The lowest BCUT2D eigenvalue weighted by Gasteiger charge is -2.22. The molecule has 6 nitrogen and oxygen atoms in total. The first-order chi connectivity index (χ1) is 12.1. The molecule has 0 saturated heterocycles.